The van der Waals surface area contributed by atoms with Crippen LogP contribution in [-0.4, -0.2) is 58.6 Å². The molecule has 7 nitrogen and oxygen atoms in total. The molecule has 28 heavy (non-hydrogen) atoms. The van der Waals surface area contributed by atoms with Gasteiger partial charge < -0.3 is 14.2 Å². The number of carbonyl (C=O) groups is 1. The van der Waals surface area contributed by atoms with Gasteiger partial charge in [-0.05, 0) is 30.0 Å². The number of fused-ring (bicyclic) bond motifs is 1. The largest absolute Gasteiger partial charge is 0.493 e. The van der Waals surface area contributed by atoms with E-state index >= 15 is 0 Å². The Morgan fingerprint density at radius 2 is 2.04 bits per heavy atom. The van der Waals surface area contributed by atoms with Gasteiger partial charge >= 0.3 is 0 Å². The van der Waals surface area contributed by atoms with Crippen molar-refractivity contribution in [2.24, 2.45) is 0 Å². The number of nitrogens with zero attached hydrogens (tertiary/aromatic N) is 4. The van der Waals surface area contributed by atoms with Crippen LogP contribution in [0.5, 0.6) is 5.75 Å². The zero-order valence-corrected chi connectivity index (χ0v) is 16.3. The lowest BCUT2D eigenvalue weighted by Crippen LogP contribution is -2.44. The van der Waals surface area contributed by atoms with E-state index in [1.54, 1.807) is 6.92 Å². The molecule has 7 heteroatoms. The fourth-order valence-electron chi connectivity index (χ4n) is 4.48. The Bertz CT molecular complexity index is 866. The van der Waals surface area contributed by atoms with Gasteiger partial charge in [0, 0.05) is 52.0 Å². The van der Waals surface area contributed by atoms with Crippen molar-refractivity contribution in [1.82, 2.24) is 19.9 Å². The molecule has 0 spiro atoms. The van der Waals surface area contributed by atoms with E-state index in [9.17, 15) is 4.79 Å². The van der Waals surface area contributed by atoms with Crippen LogP contribution in [0, 0.1) is 0 Å². The van der Waals surface area contributed by atoms with Crippen LogP contribution in [-0.2, 0) is 17.8 Å². The Morgan fingerprint density at radius 3 is 2.82 bits per heavy atom. The molecule has 0 N–H and O–H groups in total. The molecule has 5 rings (SSSR count). The molecule has 2 aromatic rings. The summed E-state index contributed by atoms with van der Waals surface area (Å²) in [5.74, 6) is 3.41. The SMILES string of the molecule is CC(=O)N1CCC(c2noc(C3CN(Cc4ccc5c(c4)CCO5)C3)n2)CC1. The van der Waals surface area contributed by atoms with Crippen LogP contribution < -0.4 is 4.74 Å². The molecule has 2 fully saturated rings. The third kappa shape index (κ3) is 3.39. The molecule has 0 aliphatic carbocycles. The number of ether oxygens (including phenoxy) is 1. The third-order valence-electron chi connectivity index (χ3n) is 6.23. The Balaban J connectivity index is 1.14. The van der Waals surface area contributed by atoms with Crippen molar-refractivity contribution in [3.63, 3.8) is 0 Å². The van der Waals surface area contributed by atoms with E-state index in [0.29, 0.717) is 11.8 Å². The summed E-state index contributed by atoms with van der Waals surface area (Å²) in [5, 5.41) is 4.24. The van der Waals surface area contributed by atoms with E-state index in [-0.39, 0.29) is 5.91 Å². The standard InChI is InChI=1S/C21H26N4O3/c1-14(26)25-7-4-16(5-8-25)20-22-21(28-23-20)18-12-24(13-18)11-15-2-3-19-17(10-15)6-9-27-19/h2-3,10,16,18H,4-9,11-13H2,1H3. The van der Waals surface area contributed by atoms with E-state index in [4.69, 9.17) is 14.2 Å². The zero-order valence-electron chi connectivity index (χ0n) is 16.3. The number of amides is 1. The Kier molecular flexibility index (Phi) is 4.55. The van der Waals surface area contributed by atoms with Gasteiger partial charge in [0.1, 0.15) is 5.75 Å². The van der Waals surface area contributed by atoms with E-state index in [2.05, 4.69) is 28.3 Å². The lowest BCUT2D eigenvalue weighted by Gasteiger charge is -2.37. The summed E-state index contributed by atoms with van der Waals surface area (Å²) in [6.07, 6.45) is 2.84. The number of piperidine rings is 1. The fourth-order valence-corrected chi connectivity index (χ4v) is 4.48. The highest BCUT2D eigenvalue weighted by molar-refractivity contribution is 5.73. The minimum atomic E-state index is 0.151. The minimum absolute atomic E-state index is 0.151. The fraction of sp³-hybridized carbons (Fsp3) is 0.571. The van der Waals surface area contributed by atoms with Crippen molar-refractivity contribution in [1.29, 1.82) is 0 Å². The number of rotatable bonds is 4. The molecule has 0 atom stereocenters. The van der Waals surface area contributed by atoms with Gasteiger partial charge in [-0.25, -0.2) is 0 Å². The maximum Gasteiger partial charge on any atom is 0.232 e. The second-order valence-corrected chi connectivity index (χ2v) is 8.20. The summed E-state index contributed by atoms with van der Waals surface area (Å²) < 4.78 is 11.2. The highest BCUT2D eigenvalue weighted by Crippen LogP contribution is 2.32. The average molecular weight is 382 g/mol. The molecular formula is C21H26N4O3. The van der Waals surface area contributed by atoms with Gasteiger partial charge in [0.15, 0.2) is 5.82 Å². The molecule has 0 radical (unpaired) electrons. The predicted octanol–water partition coefficient (Wildman–Crippen LogP) is 2.33. The average Bonchev–Trinajstić information content (AvgIpc) is 3.33. The smallest absolute Gasteiger partial charge is 0.232 e. The highest BCUT2D eigenvalue weighted by atomic mass is 16.5. The van der Waals surface area contributed by atoms with Crippen molar-refractivity contribution in [3.8, 4) is 5.75 Å². The van der Waals surface area contributed by atoms with Crippen molar-refractivity contribution in [2.45, 2.75) is 44.6 Å². The van der Waals surface area contributed by atoms with E-state index in [0.717, 1.165) is 76.1 Å². The van der Waals surface area contributed by atoms with E-state index < -0.39 is 0 Å². The van der Waals surface area contributed by atoms with Gasteiger partial charge in [0.25, 0.3) is 0 Å². The van der Waals surface area contributed by atoms with Crippen LogP contribution in [0.2, 0.25) is 0 Å². The minimum Gasteiger partial charge on any atom is -0.493 e. The monoisotopic (exact) mass is 382 g/mol. The molecule has 3 aliphatic heterocycles. The van der Waals surface area contributed by atoms with Crippen molar-refractivity contribution in [3.05, 3.63) is 41.0 Å². The molecule has 2 saturated heterocycles. The first-order valence-electron chi connectivity index (χ1n) is 10.2. The molecular weight excluding hydrogens is 356 g/mol. The van der Waals surface area contributed by atoms with Crippen LogP contribution in [0.25, 0.3) is 0 Å². The topological polar surface area (TPSA) is 71.7 Å². The van der Waals surface area contributed by atoms with Gasteiger partial charge in [-0.3, -0.25) is 9.69 Å². The van der Waals surface area contributed by atoms with Crippen LogP contribution in [0.15, 0.2) is 22.7 Å². The van der Waals surface area contributed by atoms with E-state index in [1.807, 2.05) is 4.90 Å². The maximum absolute atomic E-state index is 11.5. The molecule has 148 valence electrons. The van der Waals surface area contributed by atoms with Crippen LogP contribution in [0.3, 0.4) is 0 Å². The summed E-state index contributed by atoms with van der Waals surface area (Å²) in [6, 6.07) is 6.53. The van der Waals surface area contributed by atoms with Crippen LogP contribution in [0.1, 0.15) is 54.4 Å². The molecule has 4 heterocycles. The second kappa shape index (κ2) is 7.20. The molecule has 1 aromatic heterocycles. The van der Waals surface area contributed by atoms with Gasteiger partial charge in [0.2, 0.25) is 11.8 Å². The summed E-state index contributed by atoms with van der Waals surface area (Å²) in [4.78, 5) is 20.5. The van der Waals surface area contributed by atoms with Crippen molar-refractivity contribution < 1.29 is 14.1 Å². The van der Waals surface area contributed by atoms with Crippen LogP contribution >= 0.6 is 0 Å². The Morgan fingerprint density at radius 1 is 1.21 bits per heavy atom. The first kappa shape index (κ1) is 17.7. The lowest BCUT2D eigenvalue weighted by molar-refractivity contribution is -0.129. The number of aromatic nitrogens is 2. The summed E-state index contributed by atoms with van der Waals surface area (Å²) in [6.45, 7) is 6.87. The Hall–Kier alpha value is -2.41. The maximum atomic E-state index is 11.5. The summed E-state index contributed by atoms with van der Waals surface area (Å²) >= 11 is 0. The van der Waals surface area contributed by atoms with Gasteiger partial charge in [-0.15, -0.1) is 0 Å². The van der Waals surface area contributed by atoms with Gasteiger partial charge in [-0.2, -0.15) is 4.98 Å². The van der Waals surface area contributed by atoms with Gasteiger partial charge in [-0.1, -0.05) is 17.3 Å². The normalized spacial score (nSPS) is 20.7. The van der Waals surface area contributed by atoms with Gasteiger partial charge in [0.05, 0.1) is 12.5 Å². The number of hydrogen-bond acceptors (Lipinski definition) is 6. The van der Waals surface area contributed by atoms with Crippen LogP contribution in [0.4, 0.5) is 0 Å². The third-order valence-corrected chi connectivity index (χ3v) is 6.23. The number of hydrogen-bond donors (Lipinski definition) is 0. The molecule has 0 saturated carbocycles. The molecule has 3 aliphatic rings. The predicted molar refractivity (Wildman–Crippen MR) is 102 cm³/mol. The summed E-state index contributed by atoms with van der Waals surface area (Å²) in [5.41, 5.74) is 2.66. The quantitative estimate of drug-likeness (QED) is 0.808. The summed E-state index contributed by atoms with van der Waals surface area (Å²) in [7, 11) is 0. The zero-order chi connectivity index (χ0) is 19.1. The molecule has 1 amide bonds. The molecule has 0 bridgehead atoms. The first-order valence-corrected chi connectivity index (χ1v) is 10.2. The lowest BCUT2D eigenvalue weighted by atomic mass is 9.95. The highest BCUT2D eigenvalue weighted by Gasteiger charge is 2.34. The van der Waals surface area contributed by atoms with Crippen molar-refractivity contribution in [2.75, 3.05) is 32.8 Å². The van der Waals surface area contributed by atoms with Crippen molar-refractivity contribution >= 4 is 5.91 Å². The molecule has 0 unspecified atom stereocenters. The number of carbonyl (C=O) groups excluding carboxylic acids is 1. The first-order chi connectivity index (χ1) is 13.7. The number of benzene rings is 1. The van der Waals surface area contributed by atoms with E-state index in [1.165, 1.54) is 11.1 Å². The molecule has 1 aromatic carbocycles. The second-order valence-electron chi connectivity index (χ2n) is 8.20. The number of likely N-dealkylation sites (tertiary alicyclic amines) is 2. The Labute approximate surface area is 164 Å².